The fourth-order valence-corrected chi connectivity index (χ4v) is 2.91. The lowest BCUT2D eigenvalue weighted by molar-refractivity contribution is -0.125. The number of thiocarbonyl (C=S) groups is 1. The van der Waals surface area contributed by atoms with Gasteiger partial charge in [-0.1, -0.05) is 29.8 Å². The highest BCUT2D eigenvalue weighted by molar-refractivity contribution is 7.80. The predicted octanol–water partition coefficient (Wildman–Crippen LogP) is 3.20. The van der Waals surface area contributed by atoms with E-state index in [4.69, 9.17) is 28.2 Å². The number of furan rings is 1. The maximum absolute atomic E-state index is 12.5. The fraction of sp³-hybridized carbons (Fsp3) is 0.111. The molecule has 1 aromatic carbocycles. The fourth-order valence-electron chi connectivity index (χ4n) is 2.45. The molecule has 2 aromatic rings. The first-order valence-corrected chi connectivity index (χ1v) is 8.27. The molecule has 25 heavy (non-hydrogen) atoms. The zero-order valence-corrected chi connectivity index (χ0v) is 14.7. The van der Waals surface area contributed by atoms with Gasteiger partial charge in [-0.25, -0.2) is 0 Å². The number of halogens is 1. The molecule has 1 saturated heterocycles. The van der Waals surface area contributed by atoms with Crippen molar-refractivity contribution in [2.24, 2.45) is 0 Å². The molecule has 1 aliphatic rings. The summed E-state index contributed by atoms with van der Waals surface area (Å²) in [5.41, 5.74) is 0.961. The first-order chi connectivity index (χ1) is 12.0. The van der Waals surface area contributed by atoms with Gasteiger partial charge in [-0.3, -0.25) is 9.69 Å². The Labute approximate surface area is 155 Å². The topological polar surface area (TPSA) is 65.7 Å². The summed E-state index contributed by atoms with van der Waals surface area (Å²) in [6.45, 7) is 3.85. The van der Waals surface area contributed by atoms with E-state index in [1.165, 1.54) is 11.0 Å². The number of aliphatic hydroxyl groups is 1. The van der Waals surface area contributed by atoms with Gasteiger partial charge in [0.1, 0.15) is 11.5 Å². The van der Waals surface area contributed by atoms with E-state index in [0.717, 1.165) is 5.56 Å². The van der Waals surface area contributed by atoms with Crippen molar-refractivity contribution in [1.82, 2.24) is 10.2 Å². The van der Waals surface area contributed by atoms with Crippen molar-refractivity contribution < 1.29 is 14.3 Å². The van der Waals surface area contributed by atoms with E-state index in [-0.39, 0.29) is 17.2 Å². The van der Waals surface area contributed by atoms with Crippen LogP contribution in [0.5, 0.6) is 0 Å². The van der Waals surface area contributed by atoms with Crippen LogP contribution in [0.1, 0.15) is 5.76 Å². The quantitative estimate of drug-likeness (QED) is 0.488. The highest BCUT2D eigenvalue weighted by atomic mass is 35.5. The first-order valence-electron chi connectivity index (χ1n) is 7.48. The molecule has 1 unspecified atom stereocenters. The number of nitrogens with zero attached hydrogens (tertiary/aromatic N) is 1. The lowest BCUT2D eigenvalue weighted by Crippen LogP contribution is -2.55. The molecule has 1 amide bonds. The lowest BCUT2D eigenvalue weighted by Gasteiger charge is -2.32. The van der Waals surface area contributed by atoms with Crippen LogP contribution in [0.3, 0.4) is 0 Å². The minimum Gasteiger partial charge on any atom is -0.457 e. The van der Waals surface area contributed by atoms with Crippen molar-refractivity contribution in [3.8, 4) is 11.3 Å². The Hall–Kier alpha value is -2.41. The summed E-state index contributed by atoms with van der Waals surface area (Å²) in [6.07, 6.45) is 1.86. The monoisotopic (exact) mass is 374 g/mol. The molecule has 7 heteroatoms. The van der Waals surface area contributed by atoms with E-state index in [1.807, 2.05) is 12.1 Å². The number of nitrogens with one attached hydrogen (secondary N) is 1. The summed E-state index contributed by atoms with van der Waals surface area (Å²) in [5, 5.41) is 13.6. The number of carbonyl (C=O) groups is 1. The molecule has 0 aliphatic carbocycles. The van der Waals surface area contributed by atoms with Crippen LogP contribution in [0.25, 0.3) is 17.4 Å². The van der Waals surface area contributed by atoms with Crippen LogP contribution in [0.15, 0.2) is 59.0 Å². The van der Waals surface area contributed by atoms with E-state index >= 15 is 0 Å². The average molecular weight is 375 g/mol. The van der Waals surface area contributed by atoms with E-state index < -0.39 is 12.1 Å². The number of benzene rings is 1. The number of hydrogen-bond donors (Lipinski definition) is 2. The molecule has 0 radical (unpaired) electrons. The molecule has 2 heterocycles. The second-order valence-corrected chi connectivity index (χ2v) is 6.19. The Morgan fingerprint density at radius 2 is 2.20 bits per heavy atom. The van der Waals surface area contributed by atoms with E-state index in [9.17, 15) is 9.90 Å². The van der Waals surface area contributed by atoms with Crippen molar-refractivity contribution in [1.29, 1.82) is 0 Å². The maximum Gasteiger partial charge on any atom is 0.260 e. The molecule has 1 fully saturated rings. The first kappa shape index (κ1) is 17.4. The summed E-state index contributed by atoms with van der Waals surface area (Å²) < 4.78 is 5.75. The molecule has 2 N–H and O–H groups in total. The summed E-state index contributed by atoms with van der Waals surface area (Å²) >= 11 is 11.1. The standard InChI is InChI=1S/C18H15ClN2O3S/c1-2-8-21-17(23)14(16(22)20-18(21)25)10-13-6-7-15(24-13)11-4-3-5-12(19)9-11/h2-7,9-10,16,22H,1,8H2,(H,20,25)/b14-10+. The summed E-state index contributed by atoms with van der Waals surface area (Å²) in [4.78, 5) is 13.8. The number of hydrogen-bond acceptors (Lipinski definition) is 4. The Kier molecular flexibility index (Phi) is 5.03. The van der Waals surface area contributed by atoms with Gasteiger partial charge in [0, 0.05) is 17.1 Å². The van der Waals surface area contributed by atoms with Crippen LogP contribution in [0.2, 0.25) is 5.02 Å². The molecule has 1 aromatic heterocycles. The van der Waals surface area contributed by atoms with Crippen molar-refractivity contribution in [2.75, 3.05) is 6.54 Å². The molecule has 0 bridgehead atoms. The summed E-state index contributed by atoms with van der Waals surface area (Å²) in [5.74, 6) is 0.654. The number of amides is 1. The molecule has 0 saturated carbocycles. The molecule has 128 valence electrons. The van der Waals surface area contributed by atoms with Crippen molar-refractivity contribution in [3.05, 3.63) is 65.4 Å². The Morgan fingerprint density at radius 1 is 1.40 bits per heavy atom. The van der Waals surface area contributed by atoms with Crippen LogP contribution in [-0.4, -0.2) is 33.8 Å². The van der Waals surface area contributed by atoms with Gasteiger partial charge in [0.25, 0.3) is 5.91 Å². The van der Waals surface area contributed by atoms with Gasteiger partial charge >= 0.3 is 0 Å². The molecule has 0 spiro atoms. The molecule has 1 atom stereocenters. The molecule has 5 nitrogen and oxygen atoms in total. The molecule has 1 aliphatic heterocycles. The number of carbonyl (C=O) groups excluding carboxylic acids is 1. The predicted molar refractivity (Wildman–Crippen MR) is 101 cm³/mol. The summed E-state index contributed by atoms with van der Waals surface area (Å²) in [7, 11) is 0. The Morgan fingerprint density at radius 3 is 2.92 bits per heavy atom. The SMILES string of the molecule is C=CCN1C(=O)/C(=C/c2ccc(-c3cccc(Cl)c3)o2)C(O)NC1=S. The van der Waals surface area contributed by atoms with Gasteiger partial charge in [-0.2, -0.15) is 0 Å². The summed E-state index contributed by atoms with van der Waals surface area (Å²) in [6, 6.07) is 10.7. The van der Waals surface area contributed by atoms with Crippen LogP contribution in [0.4, 0.5) is 0 Å². The zero-order valence-electron chi connectivity index (χ0n) is 13.1. The van der Waals surface area contributed by atoms with E-state index in [0.29, 0.717) is 16.5 Å². The molecular formula is C18H15ClN2O3S. The average Bonchev–Trinajstić information content (AvgIpc) is 3.04. The van der Waals surface area contributed by atoms with Crippen LogP contribution < -0.4 is 5.32 Å². The van der Waals surface area contributed by atoms with Crippen molar-refractivity contribution in [2.45, 2.75) is 6.23 Å². The third kappa shape index (κ3) is 3.66. The smallest absolute Gasteiger partial charge is 0.260 e. The molecular weight excluding hydrogens is 360 g/mol. The van der Waals surface area contributed by atoms with E-state index in [1.54, 1.807) is 30.3 Å². The zero-order chi connectivity index (χ0) is 18.0. The number of rotatable bonds is 4. The normalized spacial score (nSPS) is 19.2. The Bertz CT molecular complexity index is 875. The van der Waals surface area contributed by atoms with Gasteiger partial charge in [-0.15, -0.1) is 6.58 Å². The van der Waals surface area contributed by atoms with Gasteiger partial charge in [-0.05, 0) is 42.6 Å². The second-order valence-electron chi connectivity index (χ2n) is 5.37. The third-order valence-electron chi connectivity index (χ3n) is 3.64. The highest BCUT2D eigenvalue weighted by Crippen LogP contribution is 2.26. The van der Waals surface area contributed by atoms with Gasteiger partial charge in [0.2, 0.25) is 0 Å². The number of aliphatic hydroxyl groups excluding tert-OH is 1. The third-order valence-corrected chi connectivity index (χ3v) is 4.21. The van der Waals surface area contributed by atoms with Crippen LogP contribution in [-0.2, 0) is 4.79 Å². The van der Waals surface area contributed by atoms with Gasteiger partial charge in [0.05, 0.1) is 5.57 Å². The highest BCUT2D eigenvalue weighted by Gasteiger charge is 2.32. The van der Waals surface area contributed by atoms with Gasteiger partial charge < -0.3 is 14.8 Å². The van der Waals surface area contributed by atoms with Crippen LogP contribution in [0, 0.1) is 0 Å². The van der Waals surface area contributed by atoms with Gasteiger partial charge in [0.15, 0.2) is 11.3 Å². The van der Waals surface area contributed by atoms with Crippen molar-refractivity contribution in [3.63, 3.8) is 0 Å². The minimum absolute atomic E-state index is 0.141. The Balaban J connectivity index is 1.90. The van der Waals surface area contributed by atoms with Crippen LogP contribution >= 0.6 is 23.8 Å². The largest absolute Gasteiger partial charge is 0.457 e. The lowest BCUT2D eigenvalue weighted by atomic mass is 10.1. The maximum atomic E-state index is 12.5. The van der Waals surface area contributed by atoms with Crippen molar-refractivity contribution >= 4 is 40.9 Å². The van der Waals surface area contributed by atoms with E-state index in [2.05, 4.69) is 11.9 Å². The minimum atomic E-state index is -1.19. The second kappa shape index (κ2) is 7.23. The molecule has 3 rings (SSSR count).